The lowest BCUT2D eigenvalue weighted by atomic mass is 10.2. The minimum absolute atomic E-state index is 0.0967. The zero-order valence-corrected chi connectivity index (χ0v) is 17.1. The van der Waals surface area contributed by atoms with Gasteiger partial charge in [0.05, 0.1) is 23.9 Å². The monoisotopic (exact) mass is 441 g/mol. The predicted octanol–water partition coefficient (Wildman–Crippen LogP) is 0.305. The van der Waals surface area contributed by atoms with Gasteiger partial charge in [-0.25, -0.2) is 13.2 Å². The second-order valence-electron chi connectivity index (χ2n) is 5.83. The summed E-state index contributed by atoms with van der Waals surface area (Å²) < 4.78 is 37.6. The Balaban J connectivity index is 1.70. The molecule has 1 aromatic heterocycles. The summed E-state index contributed by atoms with van der Waals surface area (Å²) in [7, 11) is -2.26. The molecule has 1 fully saturated rings. The fourth-order valence-electron chi connectivity index (χ4n) is 2.46. The SMILES string of the molecule is CNC(=O)NC(=O)CSc1nnc(-c2cccc(S(=O)(=O)N3CCOCC3)c2)o1. The van der Waals surface area contributed by atoms with Gasteiger partial charge in [0.15, 0.2) is 0 Å². The number of benzene rings is 1. The number of nitrogens with zero attached hydrogens (tertiary/aromatic N) is 3. The van der Waals surface area contributed by atoms with E-state index in [1.54, 1.807) is 12.1 Å². The first-order valence-electron chi connectivity index (χ1n) is 8.56. The summed E-state index contributed by atoms with van der Waals surface area (Å²) in [4.78, 5) is 22.8. The molecule has 2 heterocycles. The lowest BCUT2D eigenvalue weighted by Crippen LogP contribution is -2.40. The third-order valence-corrected chi connectivity index (χ3v) is 6.62. The largest absolute Gasteiger partial charge is 0.411 e. The molecule has 2 aromatic rings. The van der Waals surface area contributed by atoms with Gasteiger partial charge in [0.1, 0.15) is 0 Å². The topological polar surface area (TPSA) is 144 Å². The van der Waals surface area contributed by atoms with Crippen LogP contribution in [0.5, 0.6) is 0 Å². The van der Waals surface area contributed by atoms with E-state index in [-0.39, 0.29) is 21.8 Å². The van der Waals surface area contributed by atoms with Crippen LogP contribution in [0.15, 0.2) is 38.8 Å². The number of sulfonamides is 1. The highest BCUT2D eigenvalue weighted by Crippen LogP contribution is 2.26. The first-order chi connectivity index (χ1) is 13.9. The van der Waals surface area contributed by atoms with Crippen LogP contribution in [-0.2, 0) is 19.6 Å². The molecule has 1 saturated heterocycles. The lowest BCUT2D eigenvalue weighted by Gasteiger charge is -2.26. The second kappa shape index (κ2) is 9.35. The van der Waals surface area contributed by atoms with Crippen molar-refractivity contribution in [3.05, 3.63) is 24.3 Å². The molecule has 0 unspecified atom stereocenters. The Kier molecular flexibility index (Phi) is 6.84. The second-order valence-corrected chi connectivity index (χ2v) is 8.70. The number of aromatic nitrogens is 2. The van der Waals surface area contributed by atoms with Crippen LogP contribution in [-0.4, -0.2) is 74.0 Å². The Hall–Kier alpha value is -2.48. The molecule has 0 aliphatic carbocycles. The minimum Gasteiger partial charge on any atom is -0.411 e. The first kappa shape index (κ1) is 21.2. The van der Waals surface area contributed by atoms with Crippen LogP contribution in [0.2, 0.25) is 0 Å². The van der Waals surface area contributed by atoms with Gasteiger partial charge in [-0.2, -0.15) is 4.31 Å². The van der Waals surface area contributed by atoms with Gasteiger partial charge in [0, 0.05) is 25.7 Å². The molecule has 3 amide bonds. The Morgan fingerprint density at radius 3 is 2.72 bits per heavy atom. The number of carbonyl (C=O) groups is 2. The number of morpholine rings is 1. The van der Waals surface area contributed by atoms with Gasteiger partial charge >= 0.3 is 6.03 Å². The van der Waals surface area contributed by atoms with E-state index in [2.05, 4.69) is 20.8 Å². The predicted molar refractivity (Wildman–Crippen MR) is 103 cm³/mol. The van der Waals surface area contributed by atoms with Gasteiger partial charge in [0.2, 0.25) is 21.8 Å². The standard InChI is InChI=1S/C16H19N5O6S2/c1-17-15(23)18-13(22)10-28-16-20-19-14(27-16)11-3-2-4-12(9-11)29(24,25)21-5-7-26-8-6-21/h2-4,9H,5-8,10H2,1H3,(H2,17,18,22,23). The van der Waals surface area contributed by atoms with Crippen LogP contribution in [0.3, 0.4) is 0 Å². The summed E-state index contributed by atoms with van der Waals surface area (Å²) in [5.74, 6) is -0.494. The molecule has 3 rings (SSSR count). The third kappa shape index (κ3) is 5.32. The Bertz CT molecular complexity index is 987. The van der Waals surface area contributed by atoms with Gasteiger partial charge < -0.3 is 14.5 Å². The highest BCUT2D eigenvalue weighted by Gasteiger charge is 2.27. The average molecular weight is 441 g/mol. The fraction of sp³-hybridized carbons (Fsp3) is 0.375. The molecule has 0 saturated carbocycles. The summed E-state index contributed by atoms with van der Waals surface area (Å²) in [5.41, 5.74) is 0.438. The zero-order chi connectivity index (χ0) is 20.9. The maximum atomic E-state index is 12.8. The van der Waals surface area contributed by atoms with Crippen LogP contribution in [0.25, 0.3) is 11.5 Å². The first-order valence-corrected chi connectivity index (χ1v) is 11.0. The average Bonchev–Trinajstić information content (AvgIpc) is 3.22. The van der Waals surface area contributed by atoms with Crippen LogP contribution < -0.4 is 10.6 Å². The molecule has 2 N–H and O–H groups in total. The van der Waals surface area contributed by atoms with E-state index in [1.165, 1.54) is 23.5 Å². The quantitative estimate of drug-likeness (QED) is 0.605. The number of imide groups is 1. The molecule has 1 aromatic carbocycles. The van der Waals surface area contributed by atoms with E-state index >= 15 is 0 Å². The summed E-state index contributed by atoms with van der Waals surface area (Å²) in [6, 6.07) is 5.60. The molecule has 13 heteroatoms. The number of hydrogen-bond donors (Lipinski definition) is 2. The van der Waals surface area contributed by atoms with Crippen LogP contribution >= 0.6 is 11.8 Å². The number of nitrogens with one attached hydrogen (secondary N) is 2. The smallest absolute Gasteiger partial charge is 0.321 e. The zero-order valence-electron chi connectivity index (χ0n) is 15.5. The number of hydrogen-bond acceptors (Lipinski definition) is 9. The molecule has 0 spiro atoms. The maximum absolute atomic E-state index is 12.8. The maximum Gasteiger partial charge on any atom is 0.321 e. The van der Waals surface area contributed by atoms with Crippen LogP contribution in [0, 0.1) is 0 Å². The Labute approximate surface area is 171 Å². The van der Waals surface area contributed by atoms with Crippen molar-refractivity contribution in [2.75, 3.05) is 39.1 Å². The highest BCUT2D eigenvalue weighted by molar-refractivity contribution is 7.99. The van der Waals surface area contributed by atoms with E-state index in [0.717, 1.165) is 11.8 Å². The van der Waals surface area contributed by atoms with Crippen molar-refractivity contribution >= 4 is 33.7 Å². The van der Waals surface area contributed by atoms with Gasteiger partial charge in [-0.3, -0.25) is 10.1 Å². The van der Waals surface area contributed by atoms with Gasteiger partial charge in [-0.15, -0.1) is 10.2 Å². The molecule has 0 radical (unpaired) electrons. The van der Waals surface area contributed by atoms with Crippen molar-refractivity contribution < 1.29 is 27.2 Å². The van der Waals surface area contributed by atoms with Crippen molar-refractivity contribution in [2.24, 2.45) is 0 Å². The molecule has 156 valence electrons. The Morgan fingerprint density at radius 2 is 2.00 bits per heavy atom. The number of thioether (sulfide) groups is 1. The van der Waals surface area contributed by atoms with E-state index in [4.69, 9.17) is 9.15 Å². The minimum atomic E-state index is -3.65. The number of rotatable bonds is 6. The van der Waals surface area contributed by atoms with Crippen molar-refractivity contribution in [1.29, 1.82) is 0 Å². The molecule has 1 aliphatic heterocycles. The fourth-order valence-corrected chi connectivity index (χ4v) is 4.48. The molecule has 0 bridgehead atoms. The normalized spacial score (nSPS) is 15.1. The highest BCUT2D eigenvalue weighted by atomic mass is 32.2. The number of amides is 3. The van der Waals surface area contributed by atoms with Crippen molar-refractivity contribution in [3.8, 4) is 11.5 Å². The van der Waals surface area contributed by atoms with Crippen molar-refractivity contribution in [2.45, 2.75) is 10.1 Å². The molecular formula is C16H19N5O6S2. The lowest BCUT2D eigenvalue weighted by molar-refractivity contribution is -0.117. The van der Waals surface area contributed by atoms with E-state index < -0.39 is 22.0 Å². The molecule has 11 nitrogen and oxygen atoms in total. The van der Waals surface area contributed by atoms with Gasteiger partial charge in [-0.1, -0.05) is 17.8 Å². The summed E-state index contributed by atoms with van der Waals surface area (Å²) in [6.45, 7) is 1.31. The summed E-state index contributed by atoms with van der Waals surface area (Å²) in [5, 5.41) is 12.2. The van der Waals surface area contributed by atoms with Gasteiger partial charge in [-0.05, 0) is 18.2 Å². The molecule has 29 heavy (non-hydrogen) atoms. The number of urea groups is 1. The number of carbonyl (C=O) groups excluding carboxylic acids is 2. The molecule has 1 aliphatic rings. The third-order valence-electron chi connectivity index (χ3n) is 3.90. The van der Waals surface area contributed by atoms with Crippen LogP contribution in [0.4, 0.5) is 4.79 Å². The number of ether oxygens (including phenoxy) is 1. The van der Waals surface area contributed by atoms with E-state index in [0.29, 0.717) is 31.9 Å². The Morgan fingerprint density at radius 1 is 1.24 bits per heavy atom. The van der Waals surface area contributed by atoms with Crippen molar-refractivity contribution in [3.63, 3.8) is 0 Å². The van der Waals surface area contributed by atoms with Crippen molar-refractivity contribution in [1.82, 2.24) is 25.1 Å². The summed E-state index contributed by atoms with van der Waals surface area (Å²) in [6.07, 6.45) is 0. The van der Waals surface area contributed by atoms with Gasteiger partial charge in [0.25, 0.3) is 5.22 Å². The van der Waals surface area contributed by atoms with E-state index in [1.807, 2.05) is 0 Å². The van der Waals surface area contributed by atoms with Crippen LogP contribution in [0.1, 0.15) is 0 Å². The van der Waals surface area contributed by atoms with E-state index in [9.17, 15) is 18.0 Å². The summed E-state index contributed by atoms with van der Waals surface area (Å²) >= 11 is 0.956. The molecule has 0 atom stereocenters. The molecular weight excluding hydrogens is 422 g/mol.